The molecule has 0 aromatic heterocycles. The minimum Gasteiger partial charge on any atom is -0.478 e. The number of aryl methyl sites for hydroxylation is 4. The van der Waals surface area contributed by atoms with Gasteiger partial charge < -0.3 is 16.6 Å². The van der Waals surface area contributed by atoms with Crippen LogP contribution in [0.1, 0.15) is 68.7 Å². The Morgan fingerprint density at radius 3 is 1.83 bits per heavy atom. The van der Waals surface area contributed by atoms with Gasteiger partial charge in [-0.25, -0.2) is 4.79 Å². The lowest BCUT2D eigenvalue weighted by atomic mass is 9.65. The summed E-state index contributed by atoms with van der Waals surface area (Å²) in [5.74, 6) is -0.935. The summed E-state index contributed by atoms with van der Waals surface area (Å²) in [7, 11) is 0. The summed E-state index contributed by atoms with van der Waals surface area (Å²) in [6.07, 6.45) is 1.57. The Balaban J connectivity index is 2.06. The van der Waals surface area contributed by atoms with Crippen molar-refractivity contribution in [2.24, 2.45) is 0 Å². The second-order valence-electron chi connectivity index (χ2n) is 9.77. The monoisotopic (exact) mass is 476 g/mol. The molecular weight excluding hydrogens is 444 g/mol. The fourth-order valence-electron chi connectivity index (χ4n) is 6.07. The first-order chi connectivity index (χ1) is 17.2. The molecule has 0 unspecified atom stereocenters. The zero-order valence-corrected chi connectivity index (χ0v) is 21.3. The summed E-state index contributed by atoms with van der Waals surface area (Å²) in [6.45, 7) is 8.26. The van der Waals surface area contributed by atoms with Crippen LogP contribution in [0.3, 0.4) is 0 Å². The summed E-state index contributed by atoms with van der Waals surface area (Å²) in [4.78, 5) is 12.7. The highest BCUT2D eigenvalue weighted by Gasteiger charge is 2.49. The van der Waals surface area contributed by atoms with Crippen LogP contribution in [0.25, 0.3) is 11.1 Å². The average molecular weight is 477 g/mol. The molecule has 36 heavy (non-hydrogen) atoms. The number of carbonyl (C=O) groups is 1. The zero-order chi connectivity index (χ0) is 25.8. The number of carboxylic acids is 1. The SMILES string of the molecule is CCc1cc(C2(c3cc(C)c(N)c(CC)c3)c3ccccc3-c3cccc(C(=O)O)c32)cc(C)c1N. The van der Waals surface area contributed by atoms with E-state index in [1.54, 1.807) is 6.07 Å². The Morgan fingerprint density at radius 1 is 0.778 bits per heavy atom. The van der Waals surface area contributed by atoms with E-state index in [0.717, 1.165) is 79.9 Å². The Kier molecular flexibility index (Phi) is 5.63. The molecule has 0 fully saturated rings. The summed E-state index contributed by atoms with van der Waals surface area (Å²) in [5, 5.41) is 10.4. The molecular formula is C32H32N2O2. The van der Waals surface area contributed by atoms with Gasteiger partial charge in [0.2, 0.25) is 0 Å². The van der Waals surface area contributed by atoms with Crippen molar-refractivity contribution in [3.63, 3.8) is 0 Å². The normalized spacial score (nSPS) is 13.3. The van der Waals surface area contributed by atoms with Crippen LogP contribution < -0.4 is 11.5 Å². The van der Waals surface area contributed by atoms with E-state index in [-0.39, 0.29) is 0 Å². The Labute approximate surface area is 212 Å². The summed E-state index contributed by atoms with van der Waals surface area (Å²) in [5.41, 5.74) is 24.1. The first-order valence-corrected chi connectivity index (χ1v) is 12.5. The maximum Gasteiger partial charge on any atom is 0.336 e. The molecule has 5 rings (SSSR count). The average Bonchev–Trinajstić information content (AvgIpc) is 3.18. The molecule has 0 radical (unpaired) electrons. The van der Waals surface area contributed by atoms with Gasteiger partial charge in [-0.3, -0.25) is 0 Å². The molecule has 1 aliphatic rings. The Hall–Kier alpha value is -4.05. The summed E-state index contributed by atoms with van der Waals surface area (Å²) >= 11 is 0. The molecule has 0 heterocycles. The molecule has 0 amide bonds. The lowest BCUT2D eigenvalue weighted by Gasteiger charge is -2.36. The highest BCUT2D eigenvalue weighted by Crippen LogP contribution is 2.58. The quantitative estimate of drug-likeness (QED) is 0.248. The van der Waals surface area contributed by atoms with Gasteiger partial charge in [0.05, 0.1) is 11.0 Å². The van der Waals surface area contributed by atoms with Crippen LogP contribution in [0, 0.1) is 13.8 Å². The number of nitrogen functional groups attached to an aromatic ring is 2. The van der Waals surface area contributed by atoms with Gasteiger partial charge in [0.1, 0.15) is 0 Å². The number of fused-ring (bicyclic) bond motifs is 3. The van der Waals surface area contributed by atoms with Gasteiger partial charge in [-0.05, 0) is 88.4 Å². The molecule has 4 aromatic carbocycles. The van der Waals surface area contributed by atoms with Crippen molar-refractivity contribution in [2.75, 3.05) is 11.5 Å². The molecule has 0 saturated carbocycles. The first-order valence-electron chi connectivity index (χ1n) is 12.5. The van der Waals surface area contributed by atoms with E-state index in [1.807, 2.05) is 38.1 Å². The third kappa shape index (κ3) is 3.17. The molecule has 4 nitrogen and oxygen atoms in total. The standard InChI is InChI=1S/C32H32N2O2/c1-5-20-16-22(14-18(3)29(20)33)32(23-15-19(4)30(34)21(6-2)17-23)27-13-8-7-10-24(27)25-11-9-12-26(28(25)32)31(35)36/h7-17H,5-6,33-34H2,1-4H3,(H,35,36). The van der Waals surface area contributed by atoms with E-state index in [0.29, 0.717) is 5.56 Å². The van der Waals surface area contributed by atoms with E-state index in [1.165, 1.54) is 0 Å². The van der Waals surface area contributed by atoms with Crippen molar-refractivity contribution in [1.29, 1.82) is 0 Å². The van der Waals surface area contributed by atoms with E-state index in [9.17, 15) is 9.90 Å². The predicted molar refractivity (Wildman–Crippen MR) is 148 cm³/mol. The fourth-order valence-corrected chi connectivity index (χ4v) is 6.07. The van der Waals surface area contributed by atoms with Gasteiger partial charge in [0.15, 0.2) is 0 Å². The molecule has 0 spiro atoms. The van der Waals surface area contributed by atoms with Crippen LogP contribution in [-0.4, -0.2) is 11.1 Å². The van der Waals surface area contributed by atoms with E-state index in [2.05, 4.69) is 50.2 Å². The highest BCUT2D eigenvalue weighted by molar-refractivity contribution is 5.98. The molecule has 182 valence electrons. The second-order valence-corrected chi connectivity index (χ2v) is 9.77. The number of aromatic carboxylic acids is 1. The zero-order valence-electron chi connectivity index (χ0n) is 21.3. The minimum atomic E-state index is -0.935. The second kappa shape index (κ2) is 8.56. The fraction of sp³-hybridized carbons (Fsp3) is 0.219. The smallest absolute Gasteiger partial charge is 0.336 e. The largest absolute Gasteiger partial charge is 0.478 e. The van der Waals surface area contributed by atoms with Crippen molar-refractivity contribution in [1.82, 2.24) is 0 Å². The van der Waals surface area contributed by atoms with Gasteiger partial charge in [-0.2, -0.15) is 0 Å². The van der Waals surface area contributed by atoms with E-state index in [4.69, 9.17) is 11.5 Å². The van der Waals surface area contributed by atoms with Crippen LogP contribution in [0.15, 0.2) is 66.7 Å². The number of hydrogen-bond acceptors (Lipinski definition) is 3. The molecule has 1 aliphatic carbocycles. The molecule has 4 aromatic rings. The number of anilines is 2. The maximum absolute atomic E-state index is 12.7. The van der Waals surface area contributed by atoms with Gasteiger partial charge >= 0.3 is 5.97 Å². The first kappa shape index (κ1) is 23.7. The lowest BCUT2D eigenvalue weighted by molar-refractivity contribution is 0.0695. The molecule has 0 aliphatic heterocycles. The highest BCUT2D eigenvalue weighted by atomic mass is 16.4. The van der Waals surface area contributed by atoms with E-state index < -0.39 is 11.4 Å². The predicted octanol–water partition coefficient (Wildman–Crippen LogP) is 6.65. The Bertz CT molecular complexity index is 1470. The van der Waals surface area contributed by atoms with Crippen molar-refractivity contribution >= 4 is 17.3 Å². The maximum atomic E-state index is 12.7. The lowest BCUT2D eigenvalue weighted by Crippen LogP contribution is -2.31. The number of carboxylic acid groups (broad SMARTS) is 1. The van der Waals surface area contributed by atoms with Crippen LogP contribution in [-0.2, 0) is 18.3 Å². The number of nitrogens with two attached hydrogens (primary N) is 2. The number of hydrogen-bond donors (Lipinski definition) is 3. The van der Waals surface area contributed by atoms with Gasteiger partial charge in [0.25, 0.3) is 0 Å². The van der Waals surface area contributed by atoms with Gasteiger partial charge in [0, 0.05) is 11.4 Å². The molecule has 0 bridgehead atoms. The van der Waals surface area contributed by atoms with Crippen molar-refractivity contribution in [2.45, 2.75) is 46.0 Å². The van der Waals surface area contributed by atoms with Crippen LogP contribution in [0.4, 0.5) is 11.4 Å². The third-order valence-electron chi connectivity index (χ3n) is 7.86. The number of benzene rings is 4. The van der Waals surface area contributed by atoms with Crippen LogP contribution in [0.2, 0.25) is 0 Å². The van der Waals surface area contributed by atoms with Crippen molar-refractivity contribution in [3.8, 4) is 11.1 Å². The van der Waals surface area contributed by atoms with Crippen LogP contribution in [0.5, 0.6) is 0 Å². The van der Waals surface area contributed by atoms with Crippen molar-refractivity contribution in [3.05, 3.63) is 117 Å². The van der Waals surface area contributed by atoms with Gasteiger partial charge in [-0.15, -0.1) is 0 Å². The molecule has 0 saturated heterocycles. The van der Waals surface area contributed by atoms with Crippen molar-refractivity contribution < 1.29 is 9.90 Å². The topological polar surface area (TPSA) is 89.3 Å². The van der Waals surface area contributed by atoms with Gasteiger partial charge in [-0.1, -0.05) is 74.5 Å². The molecule has 5 N–H and O–H groups in total. The van der Waals surface area contributed by atoms with Crippen LogP contribution >= 0.6 is 0 Å². The molecule has 4 heteroatoms. The molecule has 0 atom stereocenters. The third-order valence-corrected chi connectivity index (χ3v) is 7.86. The summed E-state index contributed by atoms with van der Waals surface area (Å²) < 4.78 is 0. The van der Waals surface area contributed by atoms with E-state index >= 15 is 0 Å². The minimum absolute atomic E-state index is 0.309. The summed E-state index contributed by atoms with van der Waals surface area (Å²) in [6, 6.07) is 22.5. The Morgan fingerprint density at radius 2 is 1.31 bits per heavy atom. The number of rotatable bonds is 5.